The minimum Gasteiger partial charge on any atom is -0.395 e. The molecule has 2 aromatic heterocycles. The largest absolute Gasteiger partial charge is 0.395 e. The Kier molecular flexibility index (Phi) is 25.2. The third kappa shape index (κ3) is 18.2. The van der Waals surface area contributed by atoms with Gasteiger partial charge in [-0.3, -0.25) is 14.4 Å². The highest BCUT2D eigenvalue weighted by atomic mass is 35.5. The van der Waals surface area contributed by atoms with E-state index in [9.17, 15) is 52.4 Å². The summed E-state index contributed by atoms with van der Waals surface area (Å²) in [4.78, 5) is 51.5. The Morgan fingerprint density at radius 1 is 0.531 bits per heavy atom. The molecule has 0 aliphatic rings. The van der Waals surface area contributed by atoms with Crippen LogP contribution in [0.15, 0.2) is 158 Å². The topological polar surface area (TPSA) is 224 Å². The van der Waals surface area contributed by atoms with Crippen molar-refractivity contribution < 1.29 is 52.4 Å². The predicted octanol–water partition coefficient (Wildman–Crippen LogP) is 12.8. The number of nitrogens with one attached hydrogen (secondary N) is 2. The zero-order valence-electron chi connectivity index (χ0n) is 52.4. The van der Waals surface area contributed by atoms with Gasteiger partial charge in [-0.15, -0.1) is 0 Å². The molecular formula is C72H71Cl4F4N9O7. The van der Waals surface area contributed by atoms with Gasteiger partial charge in [-0.2, -0.15) is 0 Å². The quantitative estimate of drug-likeness (QED) is 0.0217. The van der Waals surface area contributed by atoms with Crippen LogP contribution in [0.2, 0.25) is 20.1 Å². The van der Waals surface area contributed by atoms with Crippen LogP contribution >= 0.6 is 46.4 Å². The Bertz CT molecular complexity index is 4340. The van der Waals surface area contributed by atoms with E-state index in [1.165, 1.54) is 19.9 Å². The SMILES string of the molecule is CC(=O)CC(NC(=O)[C@@H](N)Cc1ccc(Cl)c(Cl)c1)c1ccc2c(c1)nc(-c1ccc(N(CCO)CCO)cc1)n2Cc1cc(F)ccc1F.CC(=O)CC(NCc1c(Cl)cccc1Cl)c1ccc2c(c1)nc(-c1ccc(N(CCO)CCO)cc1)n2Cc1ccc(F)c(F)c1. The zero-order chi connectivity index (χ0) is 68.7. The maximum Gasteiger partial charge on any atom is 0.237 e. The number of hydrogen-bond acceptors (Lipinski definition) is 13. The van der Waals surface area contributed by atoms with Crippen molar-refractivity contribution in [3.8, 4) is 22.8 Å². The van der Waals surface area contributed by atoms with E-state index in [1.54, 1.807) is 65.2 Å². The molecule has 3 atom stereocenters. The van der Waals surface area contributed by atoms with Gasteiger partial charge in [0.15, 0.2) is 11.6 Å². The molecule has 8 aromatic carbocycles. The summed E-state index contributed by atoms with van der Waals surface area (Å²) in [6.07, 6.45) is 0.420. The first kappa shape index (κ1) is 72.0. The summed E-state index contributed by atoms with van der Waals surface area (Å²) in [7, 11) is 0. The monoisotopic (exact) mass is 1390 g/mol. The molecule has 0 radical (unpaired) electrons. The number of fused-ring (bicyclic) bond motifs is 2. The molecule has 8 N–H and O–H groups in total. The number of benzene rings is 8. The molecule has 0 aliphatic carbocycles. The molecule has 0 spiro atoms. The minimum atomic E-state index is -0.939. The number of nitrogens with zero attached hydrogens (tertiary/aromatic N) is 6. The molecule has 502 valence electrons. The fraction of sp³-hybridized carbons (Fsp3) is 0.264. The number of halogens is 8. The predicted molar refractivity (Wildman–Crippen MR) is 370 cm³/mol. The highest BCUT2D eigenvalue weighted by Gasteiger charge is 2.25. The summed E-state index contributed by atoms with van der Waals surface area (Å²) in [5.41, 5.74) is 15.5. The van der Waals surface area contributed by atoms with Gasteiger partial charge in [0.2, 0.25) is 5.91 Å². The highest BCUT2D eigenvalue weighted by Crippen LogP contribution is 2.35. The number of amides is 1. The van der Waals surface area contributed by atoms with Crippen LogP contribution in [0.25, 0.3) is 44.8 Å². The Labute approximate surface area is 572 Å². The Hall–Kier alpha value is -8.25. The maximum atomic E-state index is 14.9. The molecule has 2 heterocycles. The van der Waals surface area contributed by atoms with Crippen LogP contribution in [-0.4, -0.2) is 116 Å². The molecular weight excluding hydrogens is 1320 g/mol. The second-order valence-corrected chi connectivity index (χ2v) is 24.7. The number of nitrogens with two attached hydrogens (primary N) is 1. The van der Waals surface area contributed by atoms with Crippen molar-refractivity contribution in [2.24, 2.45) is 5.73 Å². The summed E-state index contributed by atoms with van der Waals surface area (Å²) in [6.45, 7) is 4.62. The van der Waals surface area contributed by atoms with Crippen molar-refractivity contribution in [2.75, 3.05) is 62.4 Å². The van der Waals surface area contributed by atoms with E-state index >= 15 is 0 Å². The second kappa shape index (κ2) is 33.6. The van der Waals surface area contributed by atoms with E-state index in [0.717, 1.165) is 63.4 Å². The van der Waals surface area contributed by atoms with Gasteiger partial charge in [-0.1, -0.05) is 76.7 Å². The smallest absolute Gasteiger partial charge is 0.237 e. The molecule has 2 unspecified atom stereocenters. The van der Waals surface area contributed by atoms with E-state index in [2.05, 4.69) is 10.6 Å². The summed E-state index contributed by atoms with van der Waals surface area (Å²) in [5, 5.41) is 46.0. The van der Waals surface area contributed by atoms with Crippen LogP contribution in [0.1, 0.15) is 72.2 Å². The molecule has 96 heavy (non-hydrogen) atoms. The van der Waals surface area contributed by atoms with Crippen LogP contribution in [0.3, 0.4) is 0 Å². The van der Waals surface area contributed by atoms with Crippen LogP contribution in [-0.2, 0) is 40.4 Å². The van der Waals surface area contributed by atoms with E-state index in [0.29, 0.717) is 97.7 Å². The van der Waals surface area contributed by atoms with E-state index in [1.807, 2.05) is 81.1 Å². The van der Waals surface area contributed by atoms with Crippen molar-refractivity contribution in [1.82, 2.24) is 29.7 Å². The van der Waals surface area contributed by atoms with Crippen molar-refractivity contribution in [1.29, 1.82) is 0 Å². The van der Waals surface area contributed by atoms with Gasteiger partial charge in [0.05, 0.1) is 77.2 Å². The van der Waals surface area contributed by atoms with Crippen LogP contribution in [0, 0.1) is 23.3 Å². The number of aliphatic hydroxyl groups excluding tert-OH is 4. The van der Waals surface area contributed by atoms with Crippen LogP contribution in [0.4, 0.5) is 28.9 Å². The van der Waals surface area contributed by atoms with Gasteiger partial charge < -0.3 is 55.7 Å². The molecule has 16 nitrogen and oxygen atoms in total. The Morgan fingerprint density at radius 3 is 1.54 bits per heavy atom. The van der Waals surface area contributed by atoms with Gasteiger partial charge in [0.25, 0.3) is 0 Å². The highest BCUT2D eigenvalue weighted by molar-refractivity contribution is 6.42. The maximum absolute atomic E-state index is 14.9. The van der Waals surface area contributed by atoms with Crippen LogP contribution in [0.5, 0.6) is 0 Å². The first-order valence-electron chi connectivity index (χ1n) is 30.8. The van der Waals surface area contributed by atoms with E-state index < -0.39 is 41.3 Å². The average Bonchev–Trinajstić information content (AvgIpc) is 1.63. The number of Topliss-reactive ketones (excluding diaryl/α,β-unsaturated/α-hetero) is 2. The number of imidazole rings is 2. The number of carbonyl (C=O) groups excluding carboxylic acids is 3. The van der Waals surface area contributed by atoms with Gasteiger partial charge in [-0.25, -0.2) is 27.5 Å². The fourth-order valence-corrected chi connectivity index (χ4v) is 12.2. The first-order valence-corrected chi connectivity index (χ1v) is 32.3. The first-order chi connectivity index (χ1) is 46.1. The normalized spacial score (nSPS) is 12.3. The summed E-state index contributed by atoms with van der Waals surface area (Å²) < 4.78 is 60.7. The third-order valence-electron chi connectivity index (χ3n) is 16.1. The summed E-state index contributed by atoms with van der Waals surface area (Å²) >= 11 is 24.9. The lowest BCUT2D eigenvalue weighted by molar-refractivity contribution is -0.123. The lowest BCUT2D eigenvalue weighted by atomic mass is 9.99. The number of hydrogen-bond donors (Lipinski definition) is 7. The number of aromatic nitrogens is 4. The number of rotatable bonds is 29. The minimum absolute atomic E-state index is 0.00154. The van der Waals surface area contributed by atoms with Crippen molar-refractivity contribution in [3.05, 3.63) is 234 Å². The molecule has 0 aliphatic heterocycles. The molecule has 10 rings (SSSR count). The molecule has 0 saturated carbocycles. The van der Waals surface area contributed by atoms with Crippen molar-refractivity contribution in [3.63, 3.8) is 0 Å². The van der Waals surface area contributed by atoms with Crippen LogP contribution < -0.4 is 26.2 Å². The van der Waals surface area contributed by atoms with Crippen molar-refractivity contribution >= 4 is 97.3 Å². The van der Waals surface area contributed by atoms with Gasteiger partial charge >= 0.3 is 0 Å². The van der Waals surface area contributed by atoms with Gasteiger partial charge in [0, 0.05) is 102 Å². The van der Waals surface area contributed by atoms with E-state index in [-0.39, 0.29) is 82.0 Å². The van der Waals surface area contributed by atoms with Gasteiger partial charge in [-0.05, 0) is 170 Å². The standard InChI is InChI=1S/C37H37Cl2F2N5O4.C35H34Cl2F2N4O3/c1-22(49)16-33(44-37(50)32(42)18-23-2-9-29(38)30(39)17-23)25-5-11-35-34(20-25)43-36(46(35)21-26-19-27(40)6-10-31(26)41)24-3-7-28(8-4-24)45(12-14-47)13-15-48;1-22(46)17-32(40-20-27-28(36)3-2-4-29(27)37)25-8-12-34-33(19-25)41-35(43(34)21-23-5-11-30(38)31(39)18-23)24-6-9-26(10-7-24)42(13-15-44)14-16-45/h2-11,17,19-20,32-33,47-48H,12-16,18,21,42H2,1H3,(H,44,50);2-12,18-19,32,40,44-45H,13-17,20-21H2,1H3/t32-,33?;/m0./s1. The third-order valence-corrected chi connectivity index (χ3v) is 17.6. The second-order valence-electron chi connectivity index (χ2n) is 23.1. The fourth-order valence-electron chi connectivity index (χ4n) is 11.4. The Morgan fingerprint density at radius 2 is 1.03 bits per heavy atom. The molecule has 10 aromatic rings. The molecule has 0 saturated heterocycles. The van der Waals surface area contributed by atoms with Gasteiger partial charge in [0.1, 0.15) is 34.8 Å². The lowest BCUT2D eigenvalue weighted by Gasteiger charge is -2.23. The molecule has 0 fully saturated rings. The number of ketones is 2. The number of anilines is 2. The lowest BCUT2D eigenvalue weighted by Crippen LogP contribution is -2.43. The Balaban J connectivity index is 0.000000226. The molecule has 24 heteroatoms. The number of aliphatic hydroxyl groups is 4. The zero-order valence-corrected chi connectivity index (χ0v) is 55.5. The molecule has 1 amide bonds. The average molecular weight is 1390 g/mol. The van der Waals surface area contributed by atoms with E-state index in [4.69, 9.17) is 62.1 Å². The molecule has 0 bridgehead atoms. The number of carbonyl (C=O) groups is 3. The summed E-state index contributed by atoms with van der Waals surface area (Å²) in [6, 6.07) is 41.4. The van der Waals surface area contributed by atoms with Crippen molar-refractivity contribution in [2.45, 2.75) is 70.9 Å². The summed E-state index contributed by atoms with van der Waals surface area (Å²) in [5.74, 6) is -2.54.